The van der Waals surface area contributed by atoms with Gasteiger partial charge in [-0.1, -0.05) is 18.2 Å². The van der Waals surface area contributed by atoms with E-state index in [0.29, 0.717) is 35.0 Å². The van der Waals surface area contributed by atoms with Crippen LogP contribution in [0, 0.1) is 0 Å². The fourth-order valence-electron chi connectivity index (χ4n) is 2.30. The van der Waals surface area contributed by atoms with Crippen LogP contribution in [0.5, 0.6) is 5.75 Å². The Labute approximate surface area is 159 Å². The number of benzene rings is 1. The quantitative estimate of drug-likeness (QED) is 0.529. The standard InChI is InChI=1S/C18H17N3O5S/c22-14-9-15(17(23)13-10-20-21-16(13)14)27-8-4-7-25-11-19-18(24)26-12-5-2-1-3-6-12/h1-3,5-6,9-10H,4,7-8,11H2,(H,19,24)(H,20,21). The summed E-state index contributed by atoms with van der Waals surface area (Å²) in [5.74, 6) is 0.607. The molecule has 0 aliphatic heterocycles. The Hall–Kier alpha value is -2.91. The van der Waals surface area contributed by atoms with Crippen molar-refractivity contribution < 1.29 is 23.9 Å². The van der Waals surface area contributed by atoms with Gasteiger partial charge in [0.1, 0.15) is 18.2 Å². The molecule has 0 spiro atoms. The topological polar surface area (TPSA) is 110 Å². The number of nitrogens with zero attached hydrogens (tertiary/aromatic N) is 1. The van der Waals surface area contributed by atoms with Crippen molar-refractivity contribution in [1.82, 2.24) is 15.5 Å². The van der Waals surface area contributed by atoms with Gasteiger partial charge in [-0.05, 0) is 18.6 Å². The summed E-state index contributed by atoms with van der Waals surface area (Å²) < 4.78 is 10.4. The van der Waals surface area contributed by atoms with Gasteiger partial charge in [-0.2, -0.15) is 5.10 Å². The molecule has 0 unspecified atom stereocenters. The molecule has 0 atom stereocenters. The van der Waals surface area contributed by atoms with E-state index in [1.165, 1.54) is 24.0 Å². The number of thioether (sulfide) groups is 1. The first kappa shape index (κ1) is 18.9. The zero-order chi connectivity index (χ0) is 19.1. The summed E-state index contributed by atoms with van der Waals surface area (Å²) in [6, 6.07) is 8.72. The van der Waals surface area contributed by atoms with E-state index < -0.39 is 6.09 Å². The number of nitrogens with one attached hydrogen (secondary N) is 2. The van der Waals surface area contributed by atoms with Crippen molar-refractivity contribution in [2.45, 2.75) is 6.42 Å². The van der Waals surface area contributed by atoms with Gasteiger partial charge in [0, 0.05) is 18.4 Å². The number of amides is 1. The maximum absolute atomic E-state index is 12.2. The van der Waals surface area contributed by atoms with Crippen LogP contribution in [0.4, 0.5) is 4.79 Å². The number of carbonyl (C=O) groups is 3. The fraction of sp³-hybridized carbons (Fsp3) is 0.222. The molecule has 27 heavy (non-hydrogen) atoms. The first-order chi connectivity index (χ1) is 13.1. The lowest BCUT2D eigenvalue weighted by Crippen LogP contribution is -2.29. The van der Waals surface area contributed by atoms with Crippen LogP contribution in [0.3, 0.4) is 0 Å². The maximum atomic E-state index is 12.2. The van der Waals surface area contributed by atoms with Crippen molar-refractivity contribution in [2.24, 2.45) is 0 Å². The molecule has 1 aliphatic carbocycles. The van der Waals surface area contributed by atoms with Crippen molar-refractivity contribution >= 4 is 29.4 Å². The highest BCUT2D eigenvalue weighted by atomic mass is 32.2. The van der Waals surface area contributed by atoms with Gasteiger partial charge in [0.2, 0.25) is 11.6 Å². The lowest BCUT2D eigenvalue weighted by atomic mass is 10.0. The Kier molecular flexibility index (Phi) is 6.39. The van der Waals surface area contributed by atoms with E-state index >= 15 is 0 Å². The monoisotopic (exact) mass is 387 g/mol. The Balaban J connectivity index is 1.29. The predicted molar refractivity (Wildman–Crippen MR) is 98.8 cm³/mol. The molecular formula is C18H17N3O5S. The lowest BCUT2D eigenvalue weighted by Gasteiger charge is -2.11. The van der Waals surface area contributed by atoms with Crippen LogP contribution in [0.25, 0.3) is 0 Å². The summed E-state index contributed by atoms with van der Waals surface area (Å²) in [5, 5.41) is 8.75. The van der Waals surface area contributed by atoms with E-state index in [1.807, 2.05) is 6.07 Å². The molecule has 1 aliphatic rings. The minimum atomic E-state index is -0.594. The van der Waals surface area contributed by atoms with Crippen molar-refractivity contribution in [2.75, 3.05) is 19.1 Å². The molecule has 9 heteroatoms. The van der Waals surface area contributed by atoms with Crippen molar-refractivity contribution in [1.29, 1.82) is 0 Å². The number of fused-ring (bicyclic) bond motifs is 1. The molecule has 0 saturated carbocycles. The third kappa shape index (κ3) is 5.05. The number of Topliss-reactive ketones (excluding diaryl/α,β-unsaturated/α-hetero) is 1. The number of ketones is 2. The van der Waals surface area contributed by atoms with Crippen LogP contribution in [0.15, 0.2) is 47.5 Å². The summed E-state index contributed by atoms with van der Waals surface area (Å²) in [7, 11) is 0. The number of ether oxygens (including phenoxy) is 2. The van der Waals surface area contributed by atoms with Gasteiger partial charge in [0.15, 0.2) is 0 Å². The average molecular weight is 387 g/mol. The molecule has 1 aromatic heterocycles. The van der Waals surface area contributed by atoms with E-state index in [1.54, 1.807) is 24.3 Å². The normalized spacial score (nSPS) is 13.1. The van der Waals surface area contributed by atoms with Crippen LogP contribution in [-0.4, -0.2) is 46.9 Å². The largest absolute Gasteiger partial charge is 0.414 e. The summed E-state index contributed by atoms with van der Waals surface area (Å²) in [6.45, 7) is 0.416. The maximum Gasteiger partial charge on any atom is 0.414 e. The minimum Gasteiger partial charge on any atom is -0.410 e. The second-order valence-corrected chi connectivity index (χ2v) is 6.63. The summed E-state index contributed by atoms with van der Waals surface area (Å²) in [6.07, 6.45) is 2.75. The van der Waals surface area contributed by atoms with Crippen LogP contribution < -0.4 is 10.1 Å². The van der Waals surface area contributed by atoms with Gasteiger partial charge in [-0.3, -0.25) is 20.0 Å². The minimum absolute atomic E-state index is 0.0226. The number of rotatable bonds is 8. The predicted octanol–water partition coefficient (Wildman–Crippen LogP) is 2.56. The van der Waals surface area contributed by atoms with Gasteiger partial charge >= 0.3 is 6.09 Å². The Bertz CT molecular complexity index is 863. The number of aromatic amines is 1. The molecule has 0 fully saturated rings. The van der Waals surface area contributed by atoms with Crippen molar-refractivity contribution in [3.63, 3.8) is 0 Å². The number of aromatic nitrogens is 2. The smallest absolute Gasteiger partial charge is 0.410 e. The highest BCUT2D eigenvalue weighted by Gasteiger charge is 2.27. The van der Waals surface area contributed by atoms with E-state index in [-0.39, 0.29) is 24.0 Å². The van der Waals surface area contributed by atoms with Crippen molar-refractivity contribution in [3.05, 3.63) is 58.8 Å². The first-order valence-corrected chi connectivity index (χ1v) is 9.19. The number of carbonyl (C=O) groups excluding carboxylic acids is 3. The number of allylic oxidation sites excluding steroid dienone is 2. The van der Waals surface area contributed by atoms with Gasteiger partial charge in [0.25, 0.3) is 0 Å². The molecule has 0 saturated heterocycles. The third-order valence-electron chi connectivity index (χ3n) is 3.58. The molecule has 2 N–H and O–H groups in total. The second kappa shape index (κ2) is 9.15. The molecule has 1 aromatic carbocycles. The van der Waals surface area contributed by atoms with Crippen LogP contribution in [-0.2, 0) is 4.74 Å². The highest BCUT2D eigenvalue weighted by molar-refractivity contribution is 8.04. The van der Waals surface area contributed by atoms with Crippen LogP contribution in [0.1, 0.15) is 27.3 Å². The van der Waals surface area contributed by atoms with E-state index in [0.717, 1.165) is 0 Å². The zero-order valence-corrected chi connectivity index (χ0v) is 15.1. The lowest BCUT2D eigenvalue weighted by molar-refractivity contribution is 0.0989. The van der Waals surface area contributed by atoms with E-state index in [2.05, 4.69) is 15.5 Å². The van der Waals surface area contributed by atoms with Gasteiger partial charge in [-0.25, -0.2) is 4.79 Å². The second-order valence-electron chi connectivity index (χ2n) is 5.49. The number of hydrogen-bond acceptors (Lipinski definition) is 7. The molecule has 140 valence electrons. The Morgan fingerprint density at radius 1 is 1.22 bits per heavy atom. The number of H-pyrrole nitrogens is 1. The van der Waals surface area contributed by atoms with Crippen LogP contribution >= 0.6 is 11.8 Å². The summed E-state index contributed by atoms with van der Waals surface area (Å²) in [4.78, 5) is 36.1. The number of hydrogen-bond donors (Lipinski definition) is 2. The van der Waals surface area contributed by atoms with Crippen molar-refractivity contribution in [3.8, 4) is 5.75 Å². The molecular weight excluding hydrogens is 370 g/mol. The molecule has 8 nitrogen and oxygen atoms in total. The Morgan fingerprint density at radius 2 is 2.04 bits per heavy atom. The fourth-order valence-corrected chi connectivity index (χ4v) is 3.21. The third-order valence-corrected chi connectivity index (χ3v) is 4.69. The van der Waals surface area contributed by atoms with Crippen LogP contribution in [0.2, 0.25) is 0 Å². The van der Waals surface area contributed by atoms with Gasteiger partial charge < -0.3 is 9.47 Å². The summed E-state index contributed by atoms with van der Waals surface area (Å²) in [5.41, 5.74) is 0.545. The van der Waals surface area contributed by atoms with Gasteiger partial charge in [-0.15, -0.1) is 11.8 Å². The molecule has 2 aromatic rings. The number of para-hydroxylation sites is 1. The van der Waals surface area contributed by atoms with E-state index in [9.17, 15) is 14.4 Å². The summed E-state index contributed by atoms with van der Waals surface area (Å²) >= 11 is 1.30. The molecule has 1 heterocycles. The zero-order valence-electron chi connectivity index (χ0n) is 14.3. The molecule has 0 bridgehead atoms. The molecule has 1 amide bonds. The highest BCUT2D eigenvalue weighted by Crippen LogP contribution is 2.27. The first-order valence-electron chi connectivity index (χ1n) is 8.20. The molecule has 3 rings (SSSR count). The SMILES string of the molecule is O=C(NCOCCCSC1=CC(=O)c2[nH]ncc2C1=O)Oc1ccccc1. The average Bonchev–Trinajstić information content (AvgIpc) is 3.16. The Morgan fingerprint density at radius 3 is 2.85 bits per heavy atom. The van der Waals surface area contributed by atoms with E-state index in [4.69, 9.17) is 9.47 Å². The molecule has 0 radical (unpaired) electrons. The van der Waals surface area contributed by atoms with Gasteiger partial charge in [0.05, 0.1) is 16.7 Å².